The molecule has 2 heterocycles. The van der Waals surface area contributed by atoms with Crippen molar-refractivity contribution in [2.45, 2.75) is 0 Å². The topological polar surface area (TPSA) is 26.0 Å². The van der Waals surface area contributed by atoms with E-state index in [9.17, 15) is 0 Å². The van der Waals surface area contributed by atoms with E-state index >= 15 is 0 Å². The second kappa shape index (κ2) is 4.46. The molecule has 96 valence electrons. The van der Waals surface area contributed by atoms with Crippen LogP contribution in [0.25, 0.3) is 33.2 Å². The lowest BCUT2D eigenvalue weighted by atomic mass is 10.1. The summed E-state index contributed by atoms with van der Waals surface area (Å²) in [6.07, 6.45) is 1.80. The molecule has 20 heavy (non-hydrogen) atoms. The molecule has 0 saturated carbocycles. The fraction of sp³-hybridized carbons (Fsp3) is 0. The van der Waals surface area contributed by atoms with Crippen LogP contribution < -0.4 is 0 Å². The summed E-state index contributed by atoms with van der Waals surface area (Å²) in [4.78, 5) is 4.42. The van der Waals surface area contributed by atoms with Crippen molar-refractivity contribution in [3.05, 3.63) is 65.3 Å². The summed E-state index contributed by atoms with van der Waals surface area (Å²) >= 11 is 3.62. The molecule has 3 heteroatoms. The maximum absolute atomic E-state index is 6.05. The average Bonchev–Trinajstić information content (AvgIpc) is 2.88. The predicted octanol–water partition coefficient (Wildman–Crippen LogP) is 5.41. The van der Waals surface area contributed by atoms with Gasteiger partial charge in [0.25, 0.3) is 0 Å². The Bertz CT molecular complexity index is 912. The van der Waals surface area contributed by atoms with Crippen LogP contribution in [0.2, 0.25) is 0 Å². The molecule has 0 bridgehead atoms. The van der Waals surface area contributed by atoms with Gasteiger partial charge in [0, 0.05) is 27.0 Å². The number of pyridine rings is 1. The molecule has 0 saturated heterocycles. The smallest absolute Gasteiger partial charge is 0.145 e. The van der Waals surface area contributed by atoms with Crippen LogP contribution in [0.4, 0.5) is 0 Å². The molecule has 0 amide bonds. The lowest BCUT2D eigenvalue weighted by Crippen LogP contribution is -1.83. The molecule has 2 nitrogen and oxygen atoms in total. The molecule has 0 unspecified atom stereocenters. The minimum Gasteiger partial charge on any atom is -0.455 e. The zero-order valence-corrected chi connectivity index (χ0v) is 12.1. The summed E-state index contributed by atoms with van der Waals surface area (Å²) in [7, 11) is 0. The standard InChI is InChI=1S/C17H10BrNO/c18-13-9-8-11(14-6-3-4-10-19-14)17-16(13)12-5-1-2-7-15(12)20-17/h1-10H. The Balaban J connectivity index is 2.16. The Kier molecular flexibility index (Phi) is 2.60. The van der Waals surface area contributed by atoms with Gasteiger partial charge < -0.3 is 4.42 Å². The fourth-order valence-electron chi connectivity index (χ4n) is 2.51. The van der Waals surface area contributed by atoms with Crippen molar-refractivity contribution in [2.75, 3.05) is 0 Å². The summed E-state index contributed by atoms with van der Waals surface area (Å²) in [6, 6.07) is 18.1. The van der Waals surface area contributed by atoms with Gasteiger partial charge in [-0.3, -0.25) is 4.98 Å². The number of hydrogen-bond donors (Lipinski definition) is 0. The highest BCUT2D eigenvalue weighted by Crippen LogP contribution is 2.39. The highest BCUT2D eigenvalue weighted by molar-refractivity contribution is 9.10. The van der Waals surface area contributed by atoms with Gasteiger partial charge in [-0.25, -0.2) is 0 Å². The predicted molar refractivity (Wildman–Crippen MR) is 84.7 cm³/mol. The number of hydrogen-bond acceptors (Lipinski definition) is 2. The molecule has 0 radical (unpaired) electrons. The van der Waals surface area contributed by atoms with Gasteiger partial charge in [0.15, 0.2) is 0 Å². The number of nitrogens with zero attached hydrogens (tertiary/aromatic N) is 1. The van der Waals surface area contributed by atoms with Gasteiger partial charge in [0.05, 0.1) is 5.69 Å². The highest BCUT2D eigenvalue weighted by Gasteiger charge is 2.14. The third-order valence-electron chi connectivity index (χ3n) is 3.42. The van der Waals surface area contributed by atoms with E-state index in [0.29, 0.717) is 0 Å². The molecule has 2 aromatic heterocycles. The number of fused-ring (bicyclic) bond motifs is 3. The van der Waals surface area contributed by atoms with Gasteiger partial charge in [-0.05, 0) is 30.3 Å². The minimum absolute atomic E-state index is 0.874. The van der Waals surface area contributed by atoms with Crippen molar-refractivity contribution < 1.29 is 4.42 Å². The van der Waals surface area contributed by atoms with Crippen LogP contribution in [0, 0.1) is 0 Å². The first-order valence-electron chi connectivity index (χ1n) is 6.36. The van der Waals surface area contributed by atoms with Crippen LogP contribution in [0.5, 0.6) is 0 Å². The van der Waals surface area contributed by atoms with Gasteiger partial charge in [0.1, 0.15) is 11.2 Å². The molecule has 0 fully saturated rings. The largest absolute Gasteiger partial charge is 0.455 e. The molecular weight excluding hydrogens is 314 g/mol. The van der Waals surface area contributed by atoms with E-state index < -0.39 is 0 Å². The van der Waals surface area contributed by atoms with Gasteiger partial charge in [-0.15, -0.1) is 0 Å². The van der Waals surface area contributed by atoms with E-state index in [1.54, 1.807) is 6.20 Å². The van der Waals surface area contributed by atoms with Crippen molar-refractivity contribution in [2.24, 2.45) is 0 Å². The van der Waals surface area contributed by atoms with Crippen LogP contribution in [0.3, 0.4) is 0 Å². The number of aromatic nitrogens is 1. The minimum atomic E-state index is 0.874. The van der Waals surface area contributed by atoms with Gasteiger partial charge in [-0.1, -0.05) is 40.2 Å². The Morgan fingerprint density at radius 3 is 2.60 bits per heavy atom. The second-order valence-electron chi connectivity index (χ2n) is 4.61. The third kappa shape index (κ3) is 1.67. The lowest BCUT2D eigenvalue weighted by Gasteiger charge is -2.02. The summed E-state index contributed by atoms with van der Waals surface area (Å²) in [5.74, 6) is 0. The second-order valence-corrected chi connectivity index (χ2v) is 5.47. The van der Waals surface area contributed by atoms with E-state index in [1.807, 2.05) is 48.5 Å². The van der Waals surface area contributed by atoms with Crippen molar-refractivity contribution in [1.82, 2.24) is 4.98 Å². The zero-order valence-electron chi connectivity index (χ0n) is 10.5. The average molecular weight is 324 g/mol. The molecule has 0 aliphatic carbocycles. The summed E-state index contributed by atoms with van der Waals surface area (Å²) in [5.41, 5.74) is 3.70. The summed E-state index contributed by atoms with van der Waals surface area (Å²) in [6.45, 7) is 0. The quantitative estimate of drug-likeness (QED) is 0.468. The first-order valence-corrected chi connectivity index (χ1v) is 7.15. The maximum Gasteiger partial charge on any atom is 0.145 e. The number of halogens is 1. The Morgan fingerprint density at radius 1 is 0.900 bits per heavy atom. The molecule has 4 rings (SSSR count). The van der Waals surface area contributed by atoms with E-state index in [1.165, 1.54) is 0 Å². The van der Waals surface area contributed by atoms with Crippen LogP contribution in [-0.2, 0) is 0 Å². The first-order chi connectivity index (χ1) is 9.84. The van der Waals surface area contributed by atoms with Crippen LogP contribution >= 0.6 is 15.9 Å². The normalized spacial score (nSPS) is 11.2. The molecule has 2 aromatic carbocycles. The molecule has 0 atom stereocenters. The molecule has 0 aliphatic heterocycles. The lowest BCUT2D eigenvalue weighted by molar-refractivity contribution is 0.669. The van der Waals surface area contributed by atoms with E-state index in [-0.39, 0.29) is 0 Å². The van der Waals surface area contributed by atoms with Gasteiger partial charge in [0.2, 0.25) is 0 Å². The molecule has 4 aromatic rings. The number of rotatable bonds is 1. The number of para-hydroxylation sites is 1. The van der Waals surface area contributed by atoms with Crippen LogP contribution in [0.1, 0.15) is 0 Å². The van der Waals surface area contributed by atoms with Crippen LogP contribution in [-0.4, -0.2) is 4.98 Å². The molecular formula is C17H10BrNO. The van der Waals surface area contributed by atoms with Crippen molar-refractivity contribution in [3.8, 4) is 11.3 Å². The van der Waals surface area contributed by atoms with Crippen molar-refractivity contribution in [3.63, 3.8) is 0 Å². The fourth-order valence-corrected chi connectivity index (χ4v) is 3.04. The molecule has 0 N–H and O–H groups in total. The highest BCUT2D eigenvalue weighted by atomic mass is 79.9. The van der Waals surface area contributed by atoms with Crippen molar-refractivity contribution >= 4 is 37.9 Å². The van der Waals surface area contributed by atoms with Crippen molar-refractivity contribution in [1.29, 1.82) is 0 Å². The van der Waals surface area contributed by atoms with Crippen LogP contribution in [0.15, 0.2) is 69.7 Å². The maximum atomic E-state index is 6.05. The number of furan rings is 1. The Labute approximate surface area is 124 Å². The van der Waals surface area contributed by atoms with Gasteiger partial charge >= 0.3 is 0 Å². The zero-order chi connectivity index (χ0) is 13.5. The number of benzene rings is 2. The summed E-state index contributed by atoms with van der Waals surface area (Å²) in [5, 5.41) is 2.22. The molecule has 0 spiro atoms. The third-order valence-corrected chi connectivity index (χ3v) is 4.08. The van der Waals surface area contributed by atoms with E-state index in [0.717, 1.165) is 37.7 Å². The Hall–Kier alpha value is -2.13. The van der Waals surface area contributed by atoms with E-state index in [2.05, 4.69) is 27.0 Å². The Morgan fingerprint density at radius 2 is 1.75 bits per heavy atom. The van der Waals surface area contributed by atoms with Gasteiger partial charge in [-0.2, -0.15) is 0 Å². The first kappa shape index (κ1) is 11.7. The monoisotopic (exact) mass is 323 g/mol. The summed E-state index contributed by atoms with van der Waals surface area (Å²) < 4.78 is 7.09. The van der Waals surface area contributed by atoms with E-state index in [4.69, 9.17) is 4.42 Å². The molecule has 0 aliphatic rings. The SMILES string of the molecule is Brc1ccc(-c2ccccn2)c2oc3ccccc3c12.